The van der Waals surface area contributed by atoms with Crippen LogP contribution < -0.4 is 5.32 Å². The molecule has 1 aliphatic carbocycles. The van der Waals surface area contributed by atoms with Gasteiger partial charge in [-0.1, -0.05) is 24.4 Å². The van der Waals surface area contributed by atoms with Gasteiger partial charge in [-0.05, 0) is 24.0 Å². The van der Waals surface area contributed by atoms with E-state index in [1.54, 1.807) is 12.1 Å². The molecule has 0 amide bonds. The van der Waals surface area contributed by atoms with Gasteiger partial charge in [0.25, 0.3) is 5.69 Å². The molecule has 1 N–H and O–H groups in total. The van der Waals surface area contributed by atoms with Crippen LogP contribution in [0.4, 0.5) is 5.69 Å². The van der Waals surface area contributed by atoms with E-state index in [0.717, 1.165) is 44.1 Å². The fourth-order valence-corrected chi connectivity index (χ4v) is 3.28. The number of hydrogen-bond acceptors (Lipinski definition) is 4. The molecule has 0 spiro atoms. The summed E-state index contributed by atoms with van der Waals surface area (Å²) in [6, 6.07) is 5.01. The summed E-state index contributed by atoms with van der Waals surface area (Å²) in [7, 11) is 0. The average Bonchev–Trinajstić information content (AvgIpc) is 3.30. The third-order valence-electron chi connectivity index (χ3n) is 4.40. The van der Waals surface area contributed by atoms with Crippen molar-refractivity contribution in [2.75, 3.05) is 26.2 Å². The number of piperazine rings is 1. The van der Waals surface area contributed by atoms with E-state index in [1.807, 2.05) is 0 Å². The predicted octanol–water partition coefficient (Wildman–Crippen LogP) is 3.84. The number of nitrogens with one attached hydrogen (secondary N) is 1. The van der Waals surface area contributed by atoms with E-state index in [9.17, 15) is 10.1 Å². The minimum Gasteiger partial charge on any atom is -0.314 e. The Balaban J connectivity index is 0.00000132. The van der Waals surface area contributed by atoms with Crippen molar-refractivity contribution >= 4 is 42.1 Å². The number of rotatable bonds is 5. The summed E-state index contributed by atoms with van der Waals surface area (Å²) in [6.07, 6.45) is 3.60. The lowest BCUT2D eigenvalue weighted by atomic mass is 9.98. The molecular formula is C15H22Cl3N3O2. The van der Waals surface area contributed by atoms with Crippen molar-refractivity contribution in [2.24, 2.45) is 5.92 Å². The Hall–Kier alpha value is -0.590. The maximum Gasteiger partial charge on any atom is 0.269 e. The highest BCUT2D eigenvalue weighted by Gasteiger charge is 2.32. The van der Waals surface area contributed by atoms with Crippen molar-refractivity contribution in [1.29, 1.82) is 0 Å². The van der Waals surface area contributed by atoms with Crippen LogP contribution in [-0.4, -0.2) is 36.0 Å². The van der Waals surface area contributed by atoms with Gasteiger partial charge in [-0.15, -0.1) is 24.8 Å². The second-order valence-electron chi connectivity index (χ2n) is 5.94. The Labute approximate surface area is 153 Å². The molecule has 2 fully saturated rings. The Morgan fingerprint density at radius 2 is 1.96 bits per heavy atom. The first-order valence-electron chi connectivity index (χ1n) is 7.54. The second-order valence-corrected chi connectivity index (χ2v) is 6.35. The number of nitrogens with zero attached hydrogens (tertiary/aromatic N) is 2. The summed E-state index contributed by atoms with van der Waals surface area (Å²) in [5.74, 6) is 0.750. The Kier molecular flexibility index (Phi) is 8.04. The molecule has 0 bridgehead atoms. The Bertz CT molecular complexity index is 535. The molecule has 0 aromatic heterocycles. The van der Waals surface area contributed by atoms with E-state index in [0.29, 0.717) is 5.02 Å². The third-order valence-corrected chi connectivity index (χ3v) is 4.74. The fourth-order valence-electron chi connectivity index (χ4n) is 3.04. The van der Waals surface area contributed by atoms with E-state index < -0.39 is 0 Å². The highest BCUT2D eigenvalue weighted by molar-refractivity contribution is 6.31. The molecule has 1 aliphatic heterocycles. The molecule has 1 heterocycles. The van der Waals surface area contributed by atoms with Crippen molar-refractivity contribution in [3.05, 3.63) is 38.9 Å². The molecule has 1 atom stereocenters. The van der Waals surface area contributed by atoms with E-state index >= 15 is 0 Å². The zero-order valence-corrected chi connectivity index (χ0v) is 15.1. The van der Waals surface area contributed by atoms with Gasteiger partial charge in [-0.25, -0.2) is 0 Å². The second kappa shape index (κ2) is 9.04. The molecular weight excluding hydrogens is 361 g/mol. The van der Waals surface area contributed by atoms with Crippen LogP contribution in [0.25, 0.3) is 0 Å². The number of benzene rings is 1. The number of nitro benzene ring substituents is 1. The maximum atomic E-state index is 11.0. The Morgan fingerprint density at radius 1 is 1.30 bits per heavy atom. The minimum atomic E-state index is -0.341. The topological polar surface area (TPSA) is 58.4 Å². The normalized spacial score (nSPS) is 19.3. The van der Waals surface area contributed by atoms with Crippen LogP contribution in [0.3, 0.4) is 0 Å². The van der Waals surface area contributed by atoms with Crippen LogP contribution in [0, 0.1) is 16.0 Å². The van der Waals surface area contributed by atoms with Gasteiger partial charge in [-0.2, -0.15) is 0 Å². The monoisotopic (exact) mass is 381 g/mol. The summed E-state index contributed by atoms with van der Waals surface area (Å²) in [5.41, 5.74) is 1.05. The number of non-ortho nitro benzene ring substituents is 1. The van der Waals surface area contributed by atoms with Crippen LogP contribution in [0.15, 0.2) is 18.2 Å². The largest absolute Gasteiger partial charge is 0.314 e. The van der Waals surface area contributed by atoms with Gasteiger partial charge in [0.15, 0.2) is 0 Å². The van der Waals surface area contributed by atoms with Crippen molar-refractivity contribution in [2.45, 2.75) is 25.3 Å². The van der Waals surface area contributed by atoms with Gasteiger partial charge >= 0.3 is 0 Å². The SMILES string of the molecule is Cl.Cl.O=[N+]([O-])c1ccc(Cl)c([C@@H](CC2CC2)N2CCNCC2)c1. The summed E-state index contributed by atoms with van der Waals surface area (Å²) >= 11 is 6.35. The van der Waals surface area contributed by atoms with Crippen LogP contribution in [0.5, 0.6) is 0 Å². The quantitative estimate of drug-likeness (QED) is 0.621. The highest BCUT2D eigenvalue weighted by Crippen LogP contribution is 2.42. The number of halogens is 3. The average molecular weight is 383 g/mol. The summed E-state index contributed by atoms with van der Waals surface area (Å²) in [5, 5.41) is 15.0. The van der Waals surface area contributed by atoms with Crippen molar-refractivity contribution < 1.29 is 4.92 Å². The zero-order chi connectivity index (χ0) is 14.8. The van der Waals surface area contributed by atoms with Crippen LogP contribution in [-0.2, 0) is 0 Å². The molecule has 5 nitrogen and oxygen atoms in total. The summed E-state index contributed by atoms with van der Waals surface area (Å²) < 4.78 is 0. The molecule has 1 aromatic carbocycles. The molecule has 1 saturated heterocycles. The molecule has 8 heteroatoms. The Morgan fingerprint density at radius 3 is 2.52 bits per heavy atom. The van der Waals surface area contributed by atoms with Crippen molar-refractivity contribution in [3.8, 4) is 0 Å². The zero-order valence-electron chi connectivity index (χ0n) is 12.7. The van der Waals surface area contributed by atoms with E-state index in [4.69, 9.17) is 11.6 Å². The lowest BCUT2D eigenvalue weighted by molar-refractivity contribution is -0.385. The van der Waals surface area contributed by atoms with Crippen molar-refractivity contribution in [3.63, 3.8) is 0 Å². The first-order valence-corrected chi connectivity index (χ1v) is 7.91. The van der Waals surface area contributed by atoms with E-state index in [-0.39, 0.29) is 41.5 Å². The van der Waals surface area contributed by atoms with Gasteiger partial charge in [-0.3, -0.25) is 15.0 Å². The molecule has 0 radical (unpaired) electrons. The van der Waals surface area contributed by atoms with Crippen LogP contribution in [0.2, 0.25) is 5.02 Å². The summed E-state index contributed by atoms with van der Waals surface area (Å²) in [6.45, 7) is 3.87. The molecule has 1 aromatic rings. The molecule has 0 unspecified atom stereocenters. The standard InChI is InChI=1S/C15H20ClN3O2.2ClH/c16-14-4-3-12(19(20)21)10-13(14)15(9-11-1-2-11)18-7-5-17-6-8-18;;/h3-4,10-11,15,17H,1-2,5-9H2;2*1H/t15-;;/m1../s1. The van der Waals surface area contributed by atoms with E-state index in [2.05, 4.69) is 10.2 Å². The van der Waals surface area contributed by atoms with Crippen molar-refractivity contribution in [1.82, 2.24) is 10.2 Å². The third kappa shape index (κ3) is 5.19. The van der Waals surface area contributed by atoms with E-state index in [1.165, 1.54) is 18.9 Å². The molecule has 3 rings (SSSR count). The highest BCUT2D eigenvalue weighted by atomic mass is 35.5. The first-order chi connectivity index (χ1) is 10.1. The van der Waals surface area contributed by atoms with Gasteiger partial charge in [0.2, 0.25) is 0 Å². The maximum absolute atomic E-state index is 11.0. The van der Waals surface area contributed by atoms with Crippen LogP contribution >= 0.6 is 36.4 Å². The van der Waals surface area contributed by atoms with Gasteiger partial charge in [0.1, 0.15) is 0 Å². The first kappa shape index (κ1) is 20.5. The lowest BCUT2D eigenvalue weighted by Crippen LogP contribution is -2.45. The fraction of sp³-hybridized carbons (Fsp3) is 0.600. The minimum absolute atomic E-state index is 0. The van der Waals surface area contributed by atoms with Gasteiger partial charge < -0.3 is 5.32 Å². The predicted molar refractivity (Wildman–Crippen MR) is 97.1 cm³/mol. The number of hydrogen-bond donors (Lipinski definition) is 1. The smallest absolute Gasteiger partial charge is 0.269 e. The van der Waals surface area contributed by atoms with Gasteiger partial charge in [0.05, 0.1) is 4.92 Å². The van der Waals surface area contributed by atoms with Gasteiger partial charge in [0, 0.05) is 49.4 Å². The molecule has 130 valence electrons. The molecule has 2 aliphatic rings. The number of nitro groups is 1. The van der Waals surface area contributed by atoms with Crippen LogP contribution in [0.1, 0.15) is 30.9 Å². The lowest BCUT2D eigenvalue weighted by Gasteiger charge is -2.35. The summed E-state index contributed by atoms with van der Waals surface area (Å²) in [4.78, 5) is 13.1. The molecule has 23 heavy (non-hydrogen) atoms. The molecule has 1 saturated carbocycles.